The van der Waals surface area contributed by atoms with Crippen molar-refractivity contribution >= 4 is 10.0 Å². The van der Waals surface area contributed by atoms with Gasteiger partial charge in [-0.2, -0.15) is 4.31 Å². The Labute approximate surface area is 142 Å². The molecule has 0 spiro atoms. The molecule has 2 aliphatic heterocycles. The zero-order chi connectivity index (χ0) is 17.2. The van der Waals surface area contributed by atoms with Gasteiger partial charge >= 0.3 is 0 Å². The third kappa shape index (κ3) is 4.14. The predicted molar refractivity (Wildman–Crippen MR) is 86.0 cm³/mol. The van der Waals surface area contributed by atoms with Crippen LogP contribution in [0.3, 0.4) is 0 Å². The van der Waals surface area contributed by atoms with Crippen molar-refractivity contribution in [2.75, 3.05) is 32.1 Å². The first kappa shape index (κ1) is 17.8. The molecule has 3 rings (SSSR count). The van der Waals surface area contributed by atoms with E-state index in [0.717, 1.165) is 19.3 Å². The highest BCUT2D eigenvalue weighted by Crippen LogP contribution is 2.26. The second kappa shape index (κ2) is 7.47. The Morgan fingerprint density at radius 3 is 2.71 bits per heavy atom. The number of aromatic nitrogens is 2. The van der Waals surface area contributed by atoms with Crippen molar-refractivity contribution < 1.29 is 22.3 Å². The Kier molecular flexibility index (Phi) is 5.53. The molecule has 2 aliphatic rings. The molecule has 0 radical (unpaired) electrons. The number of morpholine rings is 1. The summed E-state index contributed by atoms with van der Waals surface area (Å²) in [5.74, 6) is 1.02. The average molecular weight is 359 g/mol. The third-order valence-electron chi connectivity index (χ3n) is 4.32. The van der Waals surface area contributed by atoms with Crippen LogP contribution in [0.15, 0.2) is 4.42 Å². The summed E-state index contributed by atoms with van der Waals surface area (Å²) in [4.78, 5) is 0. The molecule has 0 aromatic carbocycles. The van der Waals surface area contributed by atoms with Crippen LogP contribution in [0.4, 0.5) is 0 Å². The molecule has 0 bridgehead atoms. The van der Waals surface area contributed by atoms with Gasteiger partial charge in [0.25, 0.3) is 0 Å². The molecule has 0 aliphatic carbocycles. The Morgan fingerprint density at radius 1 is 1.21 bits per heavy atom. The van der Waals surface area contributed by atoms with Crippen LogP contribution in [-0.2, 0) is 19.5 Å². The Hall–Kier alpha value is -1.03. The second-order valence-corrected chi connectivity index (χ2v) is 8.63. The van der Waals surface area contributed by atoms with Gasteiger partial charge in [-0.15, -0.1) is 10.2 Å². The van der Waals surface area contributed by atoms with Gasteiger partial charge in [-0.25, -0.2) is 8.42 Å². The van der Waals surface area contributed by atoms with E-state index in [1.807, 2.05) is 13.8 Å². The van der Waals surface area contributed by atoms with Crippen molar-refractivity contribution in [3.8, 4) is 0 Å². The molecule has 1 aromatic heterocycles. The number of hydrogen-bond acceptors (Lipinski definition) is 7. The molecule has 0 amide bonds. The lowest BCUT2D eigenvalue weighted by Gasteiger charge is -2.32. The summed E-state index contributed by atoms with van der Waals surface area (Å²) in [7, 11) is -3.39. The zero-order valence-corrected chi connectivity index (χ0v) is 15.0. The molecule has 24 heavy (non-hydrogen) atoms. The van der Waals surface area contributed by atoms with Crippen molar-refractivity contribution in [1.82, 2.24) is 14.5 Å². The van der Waals surface area contributed by atoms with E-state index < -0.39 is 16.1 Å². The average Bonchev–Trinajstić information content (AvgIpc) is 3.06. The molecule has 2 saturated heterocycles. The van der Waals surface area contributed by atoms with Gasteiger partial charge in [0.15, 0.2) is 0 Å². The first-order chi connectivity index (χ1) is 11.5. The molecule has 3 heterocycles. The maximum absolute atomic E-state index is 12.7. The minimum atomic E-state index is -3.39. The van der Waals surface area contributed by atoms with Gasteiger partial charge in [-0.1, -0.05) is 13.8 Å². The van der Waals surface area contributed by atoms with Crippen molar-refractivity contribution in [2.45, 2.75) is 51.2 Å². The van der Waals surface area contributed by atoms with Gasteiger partial charge in [0.05, 0.1) is 18.5 Å². The Balaban J connectivity index is 1.65. The van der Waals surface area contributed by atoms with E-state index in [0.29, 0.717) is 31.5 Å². The summed E-state index contributed by atoms with van der Waals surface area (Å²) in [5.41, 5.74) is 0. The molecule has 8 nitrogen and oxygen atoms in total. The molecular weight excluding hydrogens is 334 g/mol. The van der Waals surface area contributed by atoms with Gasteiger partial charge in [-0.05, 0) is 19.3 Å². The highest BCUT2D eigenvalue weighted by molar-refractivity contribution is 7.89. The van der Waals surface area contributed by atoms with Crippen LogP contribution in [0.2, 0.25) is 0 Å². The van der Waals surface area contributed by atoms with Crippen LogP contribution in [0, 0.1) is 0 Å². The summed E-state index contributed by atoms with van der Waals surface area (Å²) in [5, 5.41) is 7.99. The van der Waals surface area contributed by atoms with Crippen LogP contribution < -0.4 is 0 Å². The van der Waals surface area contributed by atoms with E-state index in [4.69, 9.17) is 13.9 Å². The van der Waals surface area contributed by atoms with Gasteiger partial charge in [0.1, 0.15) is 6.10 Å². The summed E-state index contributed by atoms with van der Waals surface area (Å²) >= 11 is 0. The topological polar surface area (TPSA) is 94.8 Å². The second-order valence-electron chi connectivity index (χ2n) is 6.62. The predicted octanol–water partition coefficient (Wildman–Crippen LogP) is 1.47. The third-order valence-corrected chi connectivity index (χ3v) is 6.23. The summed E-state index contributed by atoms with van der Waals surface area (Å²) in [6.45, 7) is 5.42. The zero-order valence-electron chi connectivity index (χ0n) is 14.2. The van der Waals surface area contributed by atoms with Crippen LogP contribution in [0.5, 0.6) is 0 Å². The lowest BCUT2D eigenvalue weighted by molar-refractivity contribution is -0.0189. The van der Waals surface area contributed by atoms with E-state index in [-0.39, 0.29) is 24.3 Å². The number of rotatable bonds is 5. The highest BCUT2D eigenvalue weighted by Gasteiger charge is 2.35. The molecule has 2 atom stereocenters. The molecule has 0 N–H and O–H groups in total. The summed E-state index contributed by atoms with van der Waals surface area (Å²) in [6, 6.07) is 0. The van der Waals surface area contributed by atoms with Crippen molar-refractivity contribution in [2.24, 2.45) is 0 Å². The quantitative estimate of drug-likeness (QED) is 0.785. The van der Waals surface area contributed by atoms with E-state index in [1.54, 1.807) is 0 Å². The molecule has 1 aromatic rings. The van der Waals surface area contributed by atoms with Crippen LogP contribution in [0.25, 0.3) is 0 Å². The van der Waals surface area contributed by atoms with Gasteiger partial charge in [-0.3, -0.25) is 0 Å². The summed E-state index contributed by atoms with van der Waals surface area (Å²) < 4.78 is 43.6. The van der Waals surface area contributed by atoms with Crippen LogP contribution >= 0.6 is 0 Å². The fourth-order valence-electron chi connectivity index (χ4n) is 2.92. The van der Waals surface area contributed by atoms with Crippen LogP contribution in [-0.4, -0.2) is 61.1 Å². The maximum atomic E-state index is 12.7. The first-order valence-electron chi connectivity index (χ1n) is 8.50. The fourth-order valence-corrected chi connectivity index (χ4v) is 4.58. The Bertz CT molecular complexity index is 639. The number of ether oxygens (including phenoxy) is 2. The first-order valence-corrected chi connectivity index (χ1v) is 10.1. The molecule has 9 heteroatoms. The minimum Gasteiger partial charge on any atom is -0.422 e. The monoisotopic (exact) mass is 359 g/mol. The lowest BCUT2D eigenvalue weighted by atomic mass is 10.1. The summed E-state index contributed by atoms with van der Waals surface area (Å²) in [6.07, 6.45) is 2.10. The Morgan fingerprint density at radius 2 is 2.04 bits per heavy atom. The highest BCUT2D eigenvalue weighted by atomic mass is 32.2. The normalized spacial score (nSPS) is 26.8. The molecule has 0 saturated carbocycles. The van der Waals surface area contributed by atoms with Gasteiger partial charge in [0.2, 0.25) is 21.8 Å². The van der Waals surface area contributed by atoms with E-state index in [1.165, 1.54) is 4.31 Å². The van der Waals surface area contributed by atoms with E-state index in [2.05, 4.69) is 10.2 Å². The maximum Gasteiger partial charge on any atom is 0.246 e. The molecule has 2 unspecified atom stereocenters. The van der Waals surface area contributed by atoms with E-state index >= 15 is 0 Å². The molecule has 2 fully saturated rings. The fraction of sp³-hybridized carbons (Fsp3) is 0.867. The van der Waals surface area contributed by atoms with Gasteiger partial charge < -0.3 is 13.9 Å². The van der Waals surface area contributed by atoms with Crippen LogP contribution in [0.1, 0.15) is 56.9 Å². The van der Waals surface area contributed by atoms with E-state index in [9.17, 15) is 8.42 Å². The lowest BCUT2D eigenvalue weighted by Crippen LogP contribution is -2.45. The van der Waals surface area contributed by atoms with Crippen molar-refractivity contribution in [3.05, 3.63) is 11.8 Å². The van der Waals surface area contributed by atoms with Crippen molar-refractivity contribution in [3.63, 3.8) is 0 Å². The van der Waals surface area contributed by atoms with Gasteiger partial charge in [0, 0.05) is 25.6 Å². The number of sulfonamides is 1. The molecular formula is C15H25N3O5S. The number of hydrogen-bond donors (Lipinski definition) is 0. The SMILES string of the molecule is CC(C)c1nnc(C2CN(S(=O)(=O)CC3CCCCO3)CCO2)o1. The number of nitrogens with zero attached hydrogens (tertiary/aromatic N) is 3. The minimum absolute atomic E-state index is 0.0286. The smallest absolute Gasteiger partial charge is 0.246 e. The largest absolute Gasteiger partial charge is 0.422 e. The van der Waals surface area contributed by atoms with Crippen molar-refractivity contribution in [1.29, 1.82) is 0 Å². The standard InChI is InChI=1S/C15H25N3O5S/c1-11(2)14-16-17-15(23-14)13-9-18(6-8-22-13)24(19,20)10-12-5-3-4-7-21-12/h11-13H,3-10H2,1-2H3. The molecule has 136 valence electrons.